The van der Waals surface area contributed by atoms with Gasteiger partial charge in [-0.15, -0.1) is 11.3 Å². The normalized spacial score (nSPS) is 18.7. The van der Waals surface area contributed by atoms with Gasteiger partial charge < -0.3 is 5.32 Å². The molecule has 0 spiro atoms. The van der Waals surface area contributed by atoms with Gasteiger partial charge in [-0.05, 0) is 44.5 Å². The van der Waals surface area contributed by atoms with Crippen LogP contribution in [-0.4, -0.2) is 29.5 Å². The van der Waals surface area contributed by atoms with Crippen LogP contribution in [0.5, 0.6) is 0 Å². The topological polar surface area (TPSA) is 28.2 Å². The molecule has 0 saturated carbocycles. The molecule has 1 aliphatic rings. The van der Waals surface area contributed by atoms with Crippen molar-refractivity contribution in [3.63, 3.8) is 0 Å². The van der Waals surface area contributed by atoms with Crippen LogP contribution in [0.2, 0.25) is 5.02 Å². The van der Waals surface area contributed by atoms with Gasteiger partial charge in [0.15, 0.2) is 5.13 Å². The van der Waals surface area contributed by atoms with Gasteiger partial charge >= 0.3 is 6.18 Å². The summed E-state index contributed by atoms with van der Waals surface area (Å²) >= 11 is 7.42. The molecular weight excluding hydrogens is 371 g/mol. The lowest BCUT2D eigenvalue weighted by molar-refractivity contribution is -0.137. The van der Waals surface area contributed by atoms with Crippen LogP contribution in [-0.2, 0) is 12.7 Å². The van der Waals surface area contributed by atoms with Gasteiger partial charge in [0.1, 0.15) is 0 Å². The van der Waals surface area contributed by atoms with Crippen LogP contribution in [0.25, 0.3) is 11.3 Å². The highest BCUT2D eigenvalue weighted by Gasteiger charge is 2.32. The van der Waals surface area contributed by atoms with Crippen LogP contribution >= 0.6 is 22.9 Å². The van der Waals surface area contributed by atoms with Crippen molar-refractivity contribution in [2.24, 2.45) is 0 Å². The van der Waals surface area contributed by atoms with E-state index in [-0.39, 0.29) is 5.02 Å². The summed E-state index contributed by atoms with van der Waals surface area (Å²) in [7, 11) is 1.75. The predicted octanol–water partition coefficient (Wildman–Crippen LogP) is 5.51. The summed E-state index contributed by atoms with van der Waals surface area (Å²) in [4.78, 5) is 7.78. The Morgan fingerprint density at radius 1 is 1.36 bits per heavy atom. The number of nitrogens with one attached hydrogen (secondary N) is 1. The number of aromatic nitrogens is 1. The van der Waals surface area contributed by atoms with Gasteiger partial charge in [0.05, 0.1) is 11.3 Å². The van der Waals surface area contributed by atoms with Crippen molar-refractivity contribution in [2.75, 3.05) is 18.9 Å². The quantitative estimate of drug-likeness (QED) is 0.747. The van der Waals surface area contributed by atoms with Gasteiger partial charge in [-0.2, -0.15) is 13.2 Å². The standard InChI is InChI=1S/C17H19ClF3N3S/c1-10-4-3-5-24(10)9-14-15(23-16(22-2)25-14)11-6-12(17(19,20)21)8-13(18)7-11/h6-8,10H,3-5,9H2,1-2H3,(H,22,23)/t10-/m1/s1. The summed E-state index contributed by atoms with van der Waals surface area (Å²) < 4.78 is 39.4. The first-order valence-electron chi connectivity index (χ1n) is 8.07. The maximum absolute atomic E-state index is 13.1. The minimum absolute atomic E-state index is 0.0596. The third-order valence-corrected chi connectivity index (χ3v) is 5.72. The van der Waals surface area contributed by atoms with Crippen LogP contribution in [0.3, 0.4) is 0 Å². The number of benzene rings is 1. The predicted molar refractivity (Wildman–Crippen MR) is 96.2 cm³/mol. The lowest BCUT2D eigenvalue weighted by atomic mass is 10.1. The lowest BCUT2D eigenvalue weighted by Crippen LogP contribution is -2.25. The number of rotatable bonds is 4. The largest absolute Gasteiger partial charge is 0.416 e. The molecule has 3 nitrogen and oxygen atoms in total. The molecule has 1 atom stereocenters. The van der Waals surface area contributed by atoms with E-state index in [1.54, 1.807) is 13.1 Å². The number of nitrogens with zero attached hydrogens (tertiary/aromatic N) is 2. The molecule has 1 fully saturated rings. The average Bonchev–Trinajstić information content (AvgIpc) is 3.13. The highest BCUT2D eigenvalue weighted by Crippen LogP contribution is 2.38. The summed E-state index contributed by atoms with van der Waals surface area (Å²) in [5.41, 5.74) is 0.218. The number of hydrogen-bond donors (Lipinski definition) is 1. The van der Waals surface area contributed by atoms with Crippen molar-refractivity contribution in [1.29, 1.82) is 0 Å². The zero-order valence-corrected chi connectivity index (χ0v) is 15.5. The van der Waals surface area contributed by atoms with E-state index < -0.39 is 11.7 Å². The van der Waals surface area contributed by atoms with E-state index in [0.717, 1.165) is 36.4 Å². The van der Waals surface area contributed by atoms with Gasteiger partial charge in [-0.25, -0.2) is 4.98 Å². The number of anilines is 1. The van der Waals surface area contributed by atoms with Crippen LogP contribution in [0.4, 0.5) is 18.3 Å². The van der Waals surface area contributed by atoms with Crippen molar-refractivity contribution in [1.82, 2.24) is 9.88 Å². The Labute approximate surface area is 153 Å². The molecule has 2 heterocycles. The van der Waals surface area contributed by atoms with Crippen molar-refractivity contribution in [2.45, 2.75) is 38.5 Å². The zero-order chi connectivity index (χ0) is 18.2. The fraction of sp³-hybridized carbons (Fsp3) is 0.471. The van der Waals surface area contributed by atoms with Gasteiger partial charge in [0.2, 0.25) is 0 Å². The molecule has 1 saturated heterocycles. The van der Waals surface area contributed by atoms with Crippen LogP contribution in [0.1, 0.15) is 30.2 Å². The Balaban J connectivity index is 2.01. The highest BCUT2D eigenvalue weighted by molar-refractivity contribution is 7.16. The van der Waals surface area contributed by atoms with E-state index in [2.05, 4.69) is 22.1 Å². The van der Waals surface area contributed by atoms with Gasteiger partial charge in [-0.3, -0.25) is 4.90 Å². The molecule has 0 amide bonds. The first-order valence-corrected chi connectivity index (χ1v) is 9.27. The molecular formula is C17H19ClF3N3S. The van der Waals surface area contributed by atoms with Crippen LogP contribution in [0.15, 0.2) is 18.2 Å². The van der Waals surface area contributed by atoms with Crippen molar-refractivity contribution >= 4 is 28.1 Å². The summed E-state index contributed by atoms with van der Waals surface area (Å²) in [6.45, 7) is 3.86. The third-order valence-electron chi connectivity index (χ3n) is 4.45. The first-order chi connectivity index (χ1) is 11.8. The minimum atomic E-state index is -4.44. The Hall–Kier alpha value is -1.31. The number of halogens is 4. The molecule has 2 aromatic rings. The van der Waals surface area contributed by atoms with Gasteiger partial charge in [0.25, 0.3) is 0 Å². The number of likely N-dealkylation sites (tertiary alicyclic amines) is 1. The van der Waals surface area contributed by atoms with E-state index >= 15 is 0 Å². The molecule has 8 heteroatoms. The molecule has 1 aromatic carbocycles. The van der Waals surface area contributed by atoms with E-state index in [0.29, 0.717) is 29.0 Å². The van der Waals surface area contributed by atoms with Gasteiger partial charge in [0, 0.05) is 35.1 Å². The minimum Gasteiger partial charge on any atom is -0.365 e. The number of hydrogen-bond acceptors (Lipinski definition) is 4. The number of alkyl halides is 3. The molecule has 25 heavy (non-hydrogen) atoms. The molecule has 0 aliphatic carbocycles. The van der Waals surface area contributed by atoms with E-state index in [1.165, 1.54) is 11.3 Å². The molecule has 0 unspecified atom stereocenters. The van der Waals surface area contributed by atoms with Gasteiger partial charge in [-0.1, -0.05) is 11.6 Å². The fourth-order valence-corrected chi connectivity index (χ4v) is 4.29. The Morgan fingerprint density at radius 3 is 2.72 bits per heavy atom. The first kappa shape index (κ1) is 18.5. The second kappa shape index (κ2) is 7.13. The smallest absolute Gasteiger partial charge is 0.365 e. The summed E-state index contributed by atoms with van der Waals surface area (Å²) in [6.07, 6.45) is -2.16. The summed E-state index contributed by atoms with van der Waals surface area (Å²) in [5.74, 6) is 0. The average molecular weight is 390 g/mol. The highest BCUT2D eigenvalue weighted by atomic mass is 35.5. The number of thiazole rings is 1. The van der Waals surface area contributed by atoms with Crippen molar-refractivity contribution in [3.05, 3.63) is 33.7 Å². The summed E-state index contributed by atoms with van der Waals surface area (Å²) in [5, 5.41) is 3.73. The molecule has 136 valence electrons. The second-order valence-corrected chi connectivity index (χ2v) is 7.75. The van der Waals surface area contributed by atoms with E-state index in [1.807, 2.05) is 0 Å². The molecule has 0 radical (unpaired) electrons. The zero-order valence-electron chi connectivity index (χ0n) is 14.0. The molecule has 1 aliphatic heterocycles. The van der Waals surface area contributed by atoms with Crippen molar-refractivity contribution in [3.8, 4) is 11.3 Å². The maximum Gasteiger partial charge on any atom is 0.416 e. The third kappa shape index (κ3) is 4.10. The second-order valence-electron chi connectivity index (χ2n) is 6.23. The SMILES string of the molecule is CNc1nc(-c2cc(Cl)cc(C(F)(F)F)c2)c(CN2CCC[C@H]2C)s1. The fourth-order valence-electron chi connectivity index (χ4n) is 3.09. The van der Waals surface area contributed by atoms with Crippen LogP contribution in [0, 0.1) is 0 Å². The lowest BCUT2D eigenvalue weighted by Gasteiger charge is -2.20. The Kier molecular flexibility index (Phi) is 5.27. The van der Waals surface area contributed by atoms with Crippen LogP contribution < -0.4 is 5.32 Å². The maximum atomic E-state index is 13.1. The van der Waals surface area contributed by atoms with E-state index in [4.69, 9.17) is 11.6 Å². The van der Waals surface area contributed by atoms with E-state index in [9.17, 15) is 13.2 Å². The molecule has 0 bridgehead atoms. The molecule has 1 N–H and O–H groups in total. The Morgan fingerprint density at radius 2 is 2.12 bits per heavy atom. The molecule has 3 rings (SSSR count). The summed E-state index contributed by atoms with van der Waals surface area (Å²) in [6, 6.07) is 4.08. The van der Waals surface area contributed by atoms with Crippen molar-refractivity contribution < 1.29 is 13.2 Å². The monoisotopic (exact) mass is 389 g/mol. The molecule has 1 aromatic heterocycles. The Bertz CT molecular complexity index is 760.